The fraction of sp³-hybridized carbons (Fsp3) is 0.440. The summed E-state index contributed by atoms with van der Waals surface area (Å²) in [5.41, 5.74) is 1.87. The summed E-state index contributed by atoms with van der Waals surface area (Å²) in [6, 6.07) is 8.46. The summed E-state index contributed by atoms with van der Waals surface area (Å²) in [5.74, 6) is -2.41. The van der Waals surface area contributed by atoms with Gasteiger partial charge in [-0.1, -0.05) is 38.1 Å². The second kappa shape index (κ2) is 10.3. The van der Waals surface area contributed by atoms with Gasteiger partial charge in [0.25, 0.3) is 0 Å². The first-order valence-electron chi connectivity index (χ1n) is 12.0. The van der Waals surface area contributed by atoms with E-state index in [4.69, 9.17) is 0 Å². The summed E-state index contributed by atoms with van der Waals surface area (Å²) >= 11 is 0. The van der Waals surface area contributed by atoms with Crippen molar-refractivity contribution in [3.05, 3.63) is 53.6 Å². The summed E-state index contributed by atoms with van der Waals surface area (Å²) in [6.07, 6.45) is -9.99. The molecule has 0 radical (unpaired) electrons. The Labute approximate surface area is 222 Å². The number of nitrogens with zero attached hydrogens (tertiary/aromatic N) is 2. The number of halogens is 4. The molecule has 2 aromatic carbocycles. The van der Waals surface area contributed by atoms with E-state index in [9.17, 15) is 35.6 Å². The largest absolute Gasteiger partial charge is 0.507 e. The number of alkyl halides is 4. The number of carbonyl (C=O) groups excluding carboxylic acids is 2. The predicted octanol–water partition coefficient (Wildman–Crippen LogP) is 3.30. The molecule has 2 aliphatic rings. The molecular formula is C25H27F4N3O6S. The molecule has 0 saturated carbocycles. The lowest BCUT2D eigenvalue weighted by atomic mass is 10.0. The van der Waals surface area contributed by atoms with Gasteiger partial charge < -0.3 is 19.7 Å². The molecule has 0 bridgehead atoms. The summed E-state index contributed by atoms with van der Waals surface area (Å²) in [4.78, 5) is 25.9. The Balaban J connectivity index is 1.58. The van der Waals surface area contributed by atoms with Crippen molar-refractivity contribution in [2.45, 2.75) is 56.4 Å². The standard InChI is InChI=1S/C25H27F4N3O6S/c1-15(2)18-6-4-17(5-7-18)13-30-23(34)20-14-31(16(3)33)10-11-32(20)39(35,36)19-8-9-21-22(12-19)38-25(28,29)24(26,27)37-21/h4-9,12,15,20H,10-11,13-14H2,1-3H3,(H,30,34)/t20-/m1/s1. The second-order valence-electron chi connectivity index (χ2n) is 9.56. The van der Waals surface area contributed by atoms with Crippen molar-refractivity contribution >= 4 is 21.8 Å². The number of benzene rings is 2. The van der Waals surface area contributed by atoms with E-state index in [0.29, 0.717) is 12.0 Å². The van der Waals surface area contributed by atoms with Crippen molar-refractivity contribution in [3.8, 4) is 11.5 Å². The van der Waals surface area contributed by atoms with E-state index < -0.39 is 50.6 Å². The Bertz CT molecular complexity index is 1370. The number of hydrogen-bond acceptors (Lipinski definition) is 6. The highest BCUT2D eigenvalue weighted by atomic mass is 32.2. The van der Waals surface area contributed by atoms with Gasteiger partial charge in [-0.15, -0.1) is 0 Å². The number of ether oxygens (including phenoxy) is 2. The van der Waals surface area contributed by atoms with E-state index in [2.05, 4.69) is 14.8 Å². The first-order chi connectivity index (χ1) is 18.1. The SMILES string of the molecule is CC(=O)N1CCN(S(=O)(=O)c2ccc3c(c2)OC(F)(F)C(F)(F)O3)[C@@H](C(=O)NCc2ccc(C(C)C)cc2)C1. The summed E-state index contributed by atoms with van der Waals surface area (Å²) in [6.45, 7) is 4.91. The van der Waals surface area contributed by atoms with Gasteiger partial charge in [-0.2, -0.15) is 21.9 Å². The van der Waals surface area contributed by atoms with E-state index in [-0.39, 0.29) is 32.1 Å². The zero-order chi connectivity index (χ0) is 28.8. The Morgan fingerprint density at radius 3 is 2.21 bits per heavy atom. The molecule has 4 rings (SSSR count). The van der Waals surface area contributed by atoms with Gasteiger partial charge in [0.1, 0.15) is 6.04 Å². The summed E-state index contributed by atoms with van der Waals surface area (Å²) < 4.78 is 90.3. The van der Waals surface area contributed by atoms with Crippen LogP contribution in [0.1, 0.15) is 37.8 Å². The zero-order valence-electron chi connectivity index (χ0n) is 21.3. The van der Waals surface area contributed by atoms with Crippen LogP contribution in [0, 0.1) is 0 Å². The molecule has 0 spiro atoms. The molecule has 0 aliphatic carbocycles. The Kier molecular flexibility index (Phi) is 7.56. The molecule has 2 aromatic rings. The van der Waals surface area contributed by atoms with Gasteiger partial charge in [0.15, 0.2) is 11.5 Å². The first kappa shape index (κ1) is 28.6. The lowest BCUT2D eigenvalue weighted by molar-refractivity contribution is -0.391. The Hall–Kier alpha value is -3.39. The first-order valence-corrected chi connectivity index (χ1v) is 13.5. The van der Waals surface area contributed by atoms with E-state index >= 15 is 0 Å². The second-order valence-corrected chi connectivity index (χ2v) is 11.4. The zero-order valence-corrected chi connectivity index (χ0v) is 22.1. The topological polar surface area (TPSA) is 105 Å². The number of carbonyl (C=O) groups is 2. The van der Waals surface area contributed by atoms with E-state index in [0.717, 1.165) is 27.6 Å². The molecule has 212 valence electrons. The van der Waals surface area contributed by atoms with Crippen LogP contribution in [0.3, 0.4) is 0 Å². The molecule has 1 atom stereocenters. The van der Waals surface area contributed by atoms with Crippen molar-refractivity contribution in [1.82, 2.24) is 14.5 Å². The van der Waals surface area contributed by atoms with Gasteiger partial charge >= 0.3 is 12.2 Å². The maximum Gasteiger partial charge on any atom is 0.507 e. The monoisotopic (exact) mass is 573 g/mol. The van der Waals surface area contributed by atoms with Crippen LogP contribution in [0.15, 0.2) is 47.4 Å². The van der Waals surface area contributed by atoms with Crippen LogP contribution in [-0.2, 0) is 26.2 Å². The Morgan fingerprint density at radius 2 is 1.62 bits per heavy atom. The third kappa shape index (κ3) is 5.66. The number of amides is 2. The third-order valence-corrected chi connectivity index (χ3v) is 8.43. The molecule has 0 aromatic heterocycles. The summed E-state index contributed by atoms with van der Waals surface area (Å²) in [5, 5.41) is 2.69. The van der Waals surface area contributed by atoms with Crippen LogP contribution in [-0.4, -0.2) is 67.3 Å². The minimum Gasteiger partial charge on any atom is -0.421 e. The molecule has 2 aliphatic heterocycles. The highest BCUT2D eigenvalue weighted by Crippen LogP contribution is 2.47. The van der Waals surface area contributed by atoms with Gasteiger partial charge in [0.2, 0.25) is 21.8 Å². The van der Waals surface area contributed by atoms with Crippen LogP contribution in [0.25, 0.3) is 0 Å². The number of nitrogens with one attached hydrogen (secondary N) is 1. The molecule has 14 heteroatoms. The average molecular weight is 574 g/mol. The van der Waals surface area contributed by atoms with Gasteiger partial charge in [-0.25, -0.2) is 8.42 Å². The number of piperazine rings is 1. The van der Waals surface area contributed by atoms with Gasteiger partial charge in [0, 0.05) is 39.2 Å². The lowest BCUT2D eigenvalue weighted by Gasteiger charge is -2.39. The molecule has 39 heavy (non-hydrogen) atoms. The Morgan fingerprint density at radius 1 is 1.00 bits per heavy atom. The van der Waals surface area contributed by atoms with Crippen molar-refractivity contribution in [3.63, 3.8) is 0 Å². The number of hydrogen-bond donors (Lipinski definition) is 1. The molecule has 9 nitrogen and oxygen atoms in total. The van der Waals surface area contributed by atoms with Crippen molar-refractivity contribution in [2.75, 3.05) is 19.6 Å². The molecule has 1 N–H and O–H groups in total. The van der Waals surface area contributed by atoms with Crippen LogP contribution in [0.5, 0.6) is 11.5 Å². The fourth-order valence-corrected chi connectivity index (χ4v) is 5.81. The van der Waals surface area contributed by atoms with E-state index in [1.807, 2.05) is 38.1 Å². The van der Waals surface area contributed by atoms with Crippen molar-refractivity contribution < 1.29 is 45.0 Å². The molecule has 2 heterocycles. The van der Waals surface area contributed by atoms with E-state index in [1.165, 1.54) is 11.8 Å². The van der Waals surface area contributed by atoms with Crippen molar-refractivity contribution in [2.24, 2.45) is 0 Å². The highest BCUT2D eigenvalue weighted by Gasteiger charge is 2.66. The minimum absolute atomic E-state index is 0.0240. The van der Waals surface area contributed by atoms with Crippen molar-refractivity contribution in [1.29, 1.82) is 0 Å². The molecule has 1 fully saturated rings. The van der Waals surface area contributed by atoms with Crippen LogP contribution in [0.4, 0.5) is 17.6 Å². The predicted molar refractivity (Wildman–Crippen MR) is 130 cm³/mol. The molecule has 2 amide bonds. The summed E-state index contributed by atoms with van der Waals surface area (Å²) in [7, 11) is -4.54. The van der Waals surface area contributed by atoms with Crippen LogP contribution >= 0.6 is 0 Å². The maximum absolute atomic E-state index is 13.7. The molecular weight excluding hydrogens is 546 g/mol. The van der Waals surface area contributed by atoms with E-state index in [1.54, 1.807) is 0 Å². The third-order valence-electron chi connectivity index (χ3n) is 6.53. The van der Waals surface area contributed by atoms with Gasteiger partial charge in [-0.3, -0.25) is 9.59 Å². The quantitative estimate of drug-likeness (QED) is 0.532. The lowest BCUT2D eigenvalue weighted by Crippen LogP contribution is -2.61. The van der Waals surface area contributed by atoms with Gasteiger partial charge in [0.05, 0.1) is 4.90 Å². The normalized spacial score (nSPS) is 20.5. The fourth-order valence-electron chi connectivity index (χ4n) is 4.22. The molecule has 1 saturated heterocycles. The molecule has 0 unspecified atom stereocenters. The van der Waals surface area contributed by atoms with Crippen LogP contribution < -0.4 is 14.8 Å². The number of sulfonamides is 1. The number of rotatable bonds is 6. The average Bonchev–Trinajstić information content (AvgIpc) is 2.87. The van der Waals surface area contributed by atoms with Crippen LogP contribution in [0.2, 0.25) is 0 Å². The number of fused-ring (bicyclic) bond motifs is 1. The maximum atomic E-state index is 13.7. The minimum atomic E-state index is -5.04. The smallest absolute Gasteiger partial charge is 0.421 e. The van der Waals surface area contributed by atoms with Gasteiger partial charge in [-0.05, 0) is 29.2 Å². The highest BCUT2D eigenvalue weighted by molar-refractivity contribution is 7.89.